The van der Waals surface area contributed by atoms with E-state index in [2.05, 4.69) is 18.8 Å². The zero-order valence-electron chi connectivity index (χ0n) is 17.1. The third-order valence-electron chi connectivity index (χ3n) is 5.32. The number of hydrogen-bond donors (Lipinski definition) is 1. The number of benzene rings is 1. The maximum Gasteiger partial charge on any atom is 0.165 e. The molecule has 148 valence electrons. The molecule has 0 saturated carbocycles. The summed E-state index contributed by atoms with van der Waals surface area (Å²) in [5.74, 6) is 0.370. The van der Waals surface area contributed by atoms with Gasteiger partial charge in [0.1, 0.15) is 0 Å². The van der Waals surface area contributed by atoms with Crippen molar-refractivity contribution in [3.8, 4) is 0 Å². The van der Waals surface area contributed by atoms with Gasteiger partial charge in [-0.15, -0.1) is 0 Å². The molecule has 0 aliphatic heterocycles. The second kappa shape index (κ2) is 11.7. The van der Waals surface area contributed by atoms with Crippen LogP contribution in [-0.2, 0) is 0 Å². The van der Waals surface area contributed by atoms with E-state index in [0.717, 1.165) is 47.7 Å². The highest BCUT2D eigenvalue weighted by molar-refractivity contribution is 6.09. The van der Waals surface area contributed by atoms with Gasteiger partial charge in [0.25, 0.3) is 0 Å². The lowest BCUT2D eigenvalue weighted by atomic mass is 9.99. The Morgan fingerprint density at radius 2 is 1.37 bits per heavy atom. The van der Waals surface area contributed by atoms with Gasteiger partial charge in [0.05, 0.1) is 0 Å². The first-order valence-electron chi connectivity index (χ1n) is 10.8. The zero-order chi connectivity index (χ0) is 19.5. The minimum absolute atomic E-state index is 0.182. The van der Waals surface area contributed by atoms with Crippen LogP contribution < -0.4 is 0 Å². The molecule has 0 fully saturated rings. The van der Waals surface area contributed by atoms with Crippen LogP contribution in [0.1, 0.15) is 112 Å². The average molecular weight is 370 g/mol. The number of carbonyl (C=O) groups is 2. The van der Waals surface area contributed by atoms with Gasteiger partial charge >= 0.3 is 0 Å². The predicted molar refractivity (Wildman–Crippen MR) is 114 cm³/mol. The summed E-state index contributed by atoms with van der Waals surface area (Å²) in [5.41, 5.74) is 2.40. The van der Waals surface area contributed by atoms with E-state index in [1.54, 1.807) is 6.20 Å². The normalized spacial score (nSPS) is 11.2. The minimum Gasteiger partial charge on any atom is -0.360 e. The molecule has 3 nitrogen and oxygen atoms in total. The van der Waals surface area contributed by atoms with E-state index in [9.17, 15) is 9.59 Å². The molecule has 3 heteroatoms. The number of rotatable bonds is 14. The summed E-state index contributed by atoms with van der Waals surface area (Å²) in [5, 5.41) is 0.894. The van der Waals surface area contributed by atoms with Gasteiger partial charge in [-0.3, -0.25) is 9.59 Å². The molecule has 0 unspecified atom stereocenters. The van der Waals surface area contributed by atoms with Gasteiger partial charge in [0.15, 0.2) is 11.6 Å². The zero-order valence-corrected chi connectivity index (χ0v) is 17.1. The summed E-state index contributed by atoms with van der Waals surface area (Å²) in [6.07, 6.45) is 14.4. The first kappa shape index (κ1) is 21.4. The fraction of sp³-hybridized carbons (Fsp3) is 0.583. The monoisotopic (exact) mass is 369 g/mol. The Labute approximate surface area is 163 Å². The molecule has 0 saturated heterocycles. The van der Waals surface area contributed by atoms with Crippen molar-refractivity contribution in [3.63, 3.8) is 0 Å². The smallest absolute Gasteiger partial charge is 0.165 e. The van der Waals surface area contributed by atoms with Gasteiger partial charge in [0, 0.05) is 41.1 Å². The van der Waals surface area contributed by atoms with Crippen molar-refractivity contribution in [2.45, 2.75) is 90.9 Å². The number of ketones is 2. The Balaban J connectivity index is 1.96. The van der Waals surface area contributed by atoms with Crippen molar-refractivity contribution in [2.24, 2.45) is 0 Å². The number of unbranched alkanes of at least 4 members (excludes halogenated alkanes) is 8. The second-order valence-electron chi connectivity index (χ2n) is 7.64. The summed E-state index contributed by atoms with van der Waals surface area (Å²) in [6, 6.07) is 5.72. The Hall–Kier alpha value is -1.90. The van der Waals surface area contributed by atoms with Crippen LogP contribution in [0.4, 0.5) is 0 Å². The molecule has 0 aliphatic rings. The topological polar surface area (TPSA) is 49.9 Å². The van der Waals surface area contributed by atoms with E-state index in [4.69, 9.17) is 0 Å². The molecule has 1 aromatic heterocycles. The van der Waals surface area contributed by atoms with Crippen molar-refractivity contribution >= 4 is 22.5 Å². The Bertz CT molecular complexity index is 729. The molecule has 0 radical (unpaired) electrons. The molecule has 2 rings (SSSR count). The number of hydrogen-bond acceptors (Lipinski definition) is 2. The summed E-state index contributed by atoms with van der Waals surface area (Å²) in [7, 11) is 0. The molecular formula is C24H35NO2. The highest BCUT2D eigenvalue weighted by Gasteiger charge is 2.14. The maximum absolute atomic E-state index is 12.6. The van der Waals surface area contributed by atoms with Crippen LogP contribution in [0.2, 0.25) is 0 Å². The van der Waals surface area contributed by atoms with Gasteiger partial charge in [-0.05, 0) is 31.0 Å². The Morgan fingerprint density at radius 1 is 0.778 bits per heavy atom. The first-order valence-corrected chi connectivity index (χ1v) is 10.8. The fourth-order valence-corrected chi connectivity index (χ4v) is 3.58. The third kappa shape index (κ3) is 6.64. The largest absolute Gasteiger partial charge is 0.360 e. The van der Waals surface area contributed by atoms with E-state index < -0.39 is 0 Å². The van der Waals surface area contributed by atoms with Crippen LogP contribution in [-0.4, -0.2) is 16.6 Å². The molecule has 27 heavy (non-hydrogen) atoms. The van der Waals surface area contributed by atoms with Crippen LogP contribution >= 0.6 is 0 Å². The average Bonchev–Trinajstić information content (AvgIpc) is 3.10. The molecular weight excluding hydrogens is 334 g/mol. The van der Waals surface area contributed by atoms with E-state index in [0.29, 0.717) is 12.8 Å². The highest BCUT2D eigenvalue weighted by atomic mass is 16.1. The van der Waals surface area contributed by atoms with Crippen LogP contribution in [0.25, 0.3) is 10.9 Å². The fourth-order valence-electron chi connectivity index (χ4n) is 3.58. The van der Waals surface area contributed by atoms with Crippen molar-refractivity contribution < 1.29 is 9.59 Å². The Morgan fingerprint density at radius 3 is 2.00 bits per heavy atom. The number of H-pyrrole nitrogens is 1. The van der Waals surface area contributed by atoms with Crippen LogP contribution in [0.5, 0.6) is 0 Å². The quantitative estimate of drug-likeness (QED) is 0.281. The maximum atomic E-state index is 12.6. The number of carbonyl (C=O) groups excluding carboxylic acids is 2. The molecule has 0 spiro atoms. The number of aromatic amines is 1. The van der Waals surface area contributed by atoms with Gasteiger partial charge in [-0.2, -0.15) is 0 Å². The van der Waals surface area contributed by atoms with Gasteiger partial charge in [-0.25, -0.2) is 0 Å². The molecule has 0 aliphatic carbocycles. The van der Waals surface area contributed by atoms with Gasteiger partial charge in [-0.1, -0.05) is 65.2 Å². The number of nitrogens with one attached hydrogen (secondary N) is 1. The lowest BCUT2D eigenvalue weighted by Crippen LogP contribution is -2.01. The van der Waals surface area contributed by atoms with E-state index in [-0.39, 0.29) is 11.6 Å². The van der Waals surface area contributed by atoms with Gasteiger partial charge < -0.3 is 4.98 Å². The highest BCUT2D eigenvalue weighted by Crippen LogP contribution is 2.23. The number of fused-ring (bicyclic) bond motifs is 1. The molecule has 1 N–H and O–H groups in total. The van der Waals surface area contributed by atoms with Crippen molar-refractivity contribution in [2.75, 3.05) is 0 Å². The SMILES string of the molecule is CCCCCCCC(=O)c1ccc2[nH]cc(C(=O)CCCCCCC)c2c1. The molecule has 0 amide bonds. The standard InChI is InChI=1S/C24H35NO2/c1-3-5-7-9-11-13-23(26)19-15-16-22-20(17-19)21(18-25-22)24(27)14-12-10-8-6-4-2/h15-18,25H,3-14H2,1-2H3. The third-order valence-corrected chi connectivity index (χ3v) is 5.32. The summed E-state index contributed by atoms with van der Waals surface area (Å²) < 4.78 is 0. The predicted octanol–water partition coefficient (Wildman–Crippen LogP) is 7.25. The van der Waals surface area contributed by atoms with Crippen molar-refractivity contribution in [3.05, 3.63) is 35.5 Å². The van der Waals surface area contributed by atoms with Crippen LogP contribution in [0.15, 0.2) is 24.4 Å². The molecule has 0 atom stereocenters. The first-order chi connectivity index (χ1) is 13.2. The van der Waals surface area contributed by atoms with E-state index in [1.165, 1.54) is 38.5 Å². The van der Waals surface area contributed by atoms with E-state index >= 15 is 0 Å². The lowest BCUT2D eigenvalue weighted by Gasteiger charge is -2.04. The minimum atomic E-state index is 0.182. The number of aromatic nitrogens is 1. The molecule has 1 aromatic carbocycles. The van der Waals surface area contributed by atoms with Gasteiger partial charge in [0.2, 0.25) is 0 Å². The van der Waals surface area contributed by atoms with Crippen molar-refractivity contribution in [1.29, 1.82) is 0 Å². The summed E-state index contributed by atoms with van der Waals surface area (Å²) >= 11 is 0. The summed E-state index contributed by atoms with van der Waals surface area (Å²) in [4.78, 5) is 28.3. The lowest BCUT2D eigenvalue weighted by molar-refractivity contribution is 0.0970. The van der Waals surface area contributed by atoms with E-state index in [1.807, 2.05) is 18.2 Å². The Kier molecular flexibility index (Phi) is 9.30. The molecule has 2 aromatic rings. The molecule has 1 heterocycles. The second-order valence-corrected chi connectivity index (χ2v) is 7.64. The van der Waals surface area contributed by atoms with Crippen LogP contribution in [0, 0.1) is 0 Å². The van der Waals surface area contributed by atoms with Crippen LogP contribution in [0.3, 0.4) is 0 Å². The number of Topliss-reactive ketones (excluding diaryl/α,β-unsaturated/α-hetero) is 2. The molecule has 0 bridgehead atoms. The summed E-state index contributed by atoms with van der Waals surface area (Å²) in [6.45, 7) is 4.39. The van der Waals surface area contributed by atoms with Crippen molar-refractivity contribution in [1.82, 2.24) is 4.98 Å².